The number of rotatable bonds is 8. The molecule has 2 aromatic carbocycles. The van der Waals surface area contributed by atoms with E-state index in [0.717, 1.165) is 11.3 Å². The molecule has 1 heterocycles. The molecular weight excluding hydrogens is 436 g/mol. The van der Waals surface area contributed by atoms with Crippen LogP contribution in [-0.2, 0) is 21.2 Å². The summed E-state index contributed by atoms with van der Waals surface area (Å²) in [5.41, 5.74) is 1.10. The molecule has 0 saturated carbocycles. The van der Waals surface area contributed by atoms with E-state index < -0.39 is 10.0 Å². The lowest BCUT2D eigenvalue weighted by Crippen LogP contribution is -2.45. The Labute approximate surface area is 189 Å². The van der Waals surface area contributed by atoms with Crippen molar-refractivity contribution in [3.8, 4) is 5.75 Å². The van der Waals surface area contributed by atoms with Crippen LogP contribution in [0.15, 0.2) is 53.4 Å². The lowest BCUT2D eigenvalue weighted by Gasteiger charge is -2.31. The lowest BCUT2D eigenvalue weighted by molar-refractivity contribution is -0.126. The van der Waals surface area contributed by atoms with Gasteiger partial charge < -0.3 is 10.1 Å². The minimum atomic E-state index is -3.64. The Morgan fingerprint density at radius 2 is 1.84 bits per heavy atom. The van der Waals surface area contributed by atoms with Crippen molar-refractivity contribution < 1.29 is 17.9 Å². The van der Waals surface area contributed by atoms with E-state index >= 15 is 0 Å². The zero-order valence-electron chi connectivity index (χ0n) is 17.9. The minimum absolute atomic E-state index is 0.101. The molecule has 1 saturated heterocycles. The molecule has 3 rings (SSSR count). The van der Waals surface area contributed by atoms with Crippen LogP contribution in [0.25, 0.3) is 0 Å². The summed E-state index contributed by atoms with van der Waals surface area (Å²) < 4.78 is 32.8. The highest BCUT2D eigenvalue weighted by atomic mass is 35.5. The standard InChI is InChI=1S/C23H29ClN2O4S/c1-17(2)30-21-9-5-18(6-10-21)13-14-25-23(27)19-4-3-15-26(16-19)31(28,29)22-11-7-20(24)8-12-22/h5-12,17,19H,3-4,13-16H2,1-2H3,(H,25,27). The summed E-state index contributed by atoms with van der Waals surface area (Å²) in [6, 6.07) is 14.0. The molecule has 1 unspecified atom stereocenters. The van der Waals surface area contributed by atoms with Gasteiger partial charge in [-0.1, -0.05) is 23.7 Å². The summed E-state index contributed by atoms with van der Waals surface area (Å²) in [7, 11) is -3.64. The third kappa shape index (κ3) is 6.45. The number of carbonyl (C=O) groups excluding carboxylic acids is 1. The number of piperidine rings is 1. The van der Waals surface area contributed by atoms with Crippen LogP contribution in [0.4, 0.5) is 0 Å². The number of sulfonamides is 1. The zero-order chi connectivity index (χ0) is 22.4. The van der Waals surface area contributed by atoms with E-state index in [4.69, 9.17) is 16.3 Å². The quantitative estimate of drug-likeness (QED) is 0.643. The molecule has 1 atom stereocenters. The maximum Gasteiger partial charge on any atom is 0.243 e. The Hall–Kier alpha value is -2.09. The number of hydrogen-bond donors (Lipinski definition) is 1. The summed E-state index contributed by atoms with van der Waals surface area (Å²) in [6.07, 6.45) is 2.17. The van der Waals surface area contributed by atoms with Gasteiger partial charge in [0.15, 0.2) is 0 Å². The zero-order valence-corrected chi connectivity index (χ0v) is 19.5. The SMILES string of the molecule is CC(C)Oc1ccc(CCNC(=O)C2CCCN(S(=O)(=O)c3ccc(Cl)cc3)C2)cc1. The van der Waals surface area contributed by atoms with E-state index in [1.807, 2.05) is 38.1 Å². The molecule has 0 spiro atoms. The number of carbonyl (C=O) groups is 1. The van der Waals surface area contributed by atoms with Crippen LogP contribution >= 0.6 is 11.6 Å². The topological polar surface area (TPSA) is 75.7 Å². The molecule has 1 aliphatic heterocycles. The van der Waals surface area contributed by atoms with Crippen LogP contribution in [0.1, 0.15) is 32.3 Å². The third-order valence-corrected chi connectivity index (χ3v) is 7.35. The third-order valence-electron chi connectivity index (χ3n) is 5.21. The maximum atomic E-state index is 12.9. The number of benzene rings is 2. The molecule has 2 aromatic rings. The van der Waals surface area contributed by atoms with E-state index in [2.05, 4.69) is 5.32 Å². The number of amides is 1. The normalized spacial score (nSPS) is 17.5. The molecule has 0 aromatic heterocycles. The number of nitrogens with zero attached hydrogens (tertiary/aromatic N) is 1. The Balaban J connectivity index is 1.52. The molecule has 6 nitrogen and oxygen atoms in total. The second-order valence-corrected chi connectivity index (χ2v) is 10.4. The van der Waals surface area contributed by atoms with Crippen molar-refractivity contribution in [3.63, 3.8) is 0 Å². The monoisotopic (exact) mass is 464 g/mol. The Bertz CT molecular complexity index is 976. The van der Waals surface area contributed by atoms with Crippen LogP contribution < -0.4 is 10.1 Å². The smallest absolute Gasteiger partial charge is 0.243 e. The average Bonchev–Trinajstić information content (AvgIpc) is 2.75. The molecule has 1 fully saturated rings. The second-order valence-electron chi connectivity index (χ2n) is 8.01. The molecule has 0 aliphatic carbocycles. The molecule has 0 radical (unpaired) electrons. The highest BCUT2D eigenvalue weighted by molar-refractivity contribution is 7.89. The van der Waals surface area contributed by atoms with Crippen molar-refractivity contribution in [3.05, 3.63) is 59.1 Å². The fourth-order valence-corrected chi connectivity index (χ4v) is 5.26. The molecular formula is C23H29ClN2O4S. The number of nitrogens with one attached hydrogen (secondary N) is 1. The highest BCUT2D eigenvalue weighted by Crippen LogP contribution is 2.25. The molecule has 0 bridgehead atoms. The first-order chi connectivity index (χ1) is 14.8. The fourth-order valence-electron chi connectivity index (χ4n) is 3.61. The van der Waals surface area contributed by atoms with E-state index in [9.17, 15) is 13.2 Å². The summed E-state index contributed by atoms with van der Waals surface area (Å²) in [6.45, 7) is 5.08. The largest absolute Gasteiger partial charge is 0.491 e. The van der Waals surface area contributed by atoms with Crippen molar-refractivity contribution in [1.29, 1.82) is 0 Å². The van der Waals surface area contributed by atoms with Crippen LogP contribution in [0.3, 0.4) is 0 Å². The van der Waals surface area contributed by atoms with Crippen molar-refractivity contribution in [2.75, 3.05) is 19.6 Å². The minimum Gasteiger partial charge on any atom is -0.491 e. The second kappa shape index (κ2) is 10.5. The number of hydrogen-bond acceptors (Lipinski definition) is 4. The van der Waals surface area contributed by atoms with Crippen molar-refractivity contribution in [2.45, 2.75) is 44.1 Å². The summed E-state index contributed by atoms with van der Waals surface area (Å²) in [4.78, 5) is 12.8. The van der Waals surface area contributed by atoms with Gasteiger partial charge >= 0.3 is 0 Å². The average molecular weight is 465 g/mol. The first kappa shape index (κ1) is 23.6. The van der Waals surface area contributed by atoms with Gasteiger partial charge in [-0.2, -0.15) is 4.31 Å². The summed E-state index contributed by atoms with van der Waals surface area (Å²) in [5, 5.41) is 3.44. The van der Waals surface area contributed by atoms with Gasteiger partial charge in [-0.3, -0.25) is 4.79 Å². The van der Waals surface area contributed by atoms with Crippen LogP contribution in [0, 0.1) is 5.92 Å². The van der Waals surface area contributed by atoms with Gasteiger partial charge in [0, 0.05) is 24.7 Å². The number of ether oxygens (including phenoxy) is 1. The first-order valence-electron chi connectivity index (χ1n) is 10.5. The van der Waals surface area contributed by atoms with Gasteiger partial charge in [0.1, 0.15) is 5.75 Å². The Morgan fingerprint density at radius 1 is 1.16 bits per heavy atom. The van der Waals surface area contributed by atoms with Crippen molar-refractivity contribution >= 4 is 27.5 Å². The Kier molecular flexibility index (Phi) is 7.97. The predicted molar refractivity (Wildman–Crippen MR) is 122 cm³/mol. The predicted octanol–water partition coefficient (Wildman–Crippen LogP) is 3.89. The first-order valence-corrected chi connectivity index (χ1v) is 12.4. The van der Waals surface area contributed by atoms with Crippen LogP contribution in [0.2, 0.25) is 5.02 Å². The van der Waals surface area contributed by atoms with Gasteiger partial charge in [-0.15, -0.1) is 0 Å². The maximum absolute atomic E-state index is 12.9. The fraction of sp³-hybridized carbons (Fsp3) is 0.435. The van der Waals surface area contributed by atoms with E-state index in [0.29, 0.717) is 37.4 Å². The molecule has 1 amide bonds. The summed E-state index contributed by atoms with van der Waals surface area (Å²) >= 11 is 5.86. The van der Waals surface area contributed by atoms with E-state index in [-0.39, 0.29) is 29.4 Å². The lowest BCUT2D eigenvalue weighted by atomic mass is 9.99. The number of halogens is 1. The van der Waals surface area contributed by atoms with Crippen LogP contribution in [0.5, 0.6) is 5.75 Å². The molecule has 8 heteroatoms. The van der Waals surface area contributed by atoms with Gasteiger partial charge in [0.25, 0.3) is 0 Å². The van der Waals surface area contributed by atoms with E-state index in [1.165, 1.54) is 16.4 Å². The molecule has 1 N–H and O–H groups in total. The van der Waals surface area contributed by atoms with Gasteiger partial charge in [0.05, 0.1) is 16.9 Å². The molecule has 31 heavy (non-hydrogen) atoms. The van der Waals surface area contributed by atoms with E-state index in [1.54, 1.807) is 12.1 Å². The molecule has 168 valence electrons. The van der Waals surface area contributed by atoms with Gasteiger partial charge in [0.2, 0.25) is 15.9 Å². The molecule has 1 aliphatic rings. The van der Waals surface area contributed by atoms with Crippen molar-refractivity contribution in [1.82, 2.24) is 9.62 Å². The Morgan fingerprint density at radius 3 is 2.48 bits per heavy atom. The highest BCUT2D eigenvalue weighted by Gasteiger charge is 2.33. The van der Waals surface area contributed by atoms with Gasteiger partial charge in [-0.05, 0) is 75.1 Å². The van der Waals surface area contributed by atoms with Gasteiger partial charge in [-0.25, -0.2) is 8.42 Å². The summed E-state index contributed by atoms with van der Waals surface area (Å²) in [5.74, 6) is 0.375. The van der Waals surface area contributed by atoms with Crippen molar-refractivity contribution in [2.24, 2.45) is 5.92 Å². The van der Waals surface area contributed by atoms with Crippen LogP contribution in [-0.4, -0.2) is 44.4 Å².